The number of amides is 1. The van der Waals surface area contributed by atoms with Crippen molar-refractivity contribution >= 4 is 24.0 Å². The number of rotatable bonds is 6. The molecule has 7 heteroatoms. The van der Waals surface area contributed by atoms with Crippen molar-refractivity contribution in [1.82, 2.24) is 5.32 Å². The van der Waals surface area contributed by atoms with Crippen molar-refractivity contribution < 1.29 is 9.72 Å². The Morgan fingerprint density at radius 2 is 2.00 bits per heavy atom. The van der Waals surface area contributed by atoms with Gasteiger partial charge in [-0.2, -0.15) is 0 Å². The van der Waals surface area contributed by atoms with Gasteiger partial charge in [0, 0.05) is 31.1 Å². The second kappa shape index (κ2) is 8.44. The van der Waals surface area contributed by atoms with Crippen LogP contribution in [0.5, 0.6) is 0 Å². The summed E-state index contributed by atoms with van der Waals surface area (Å²) in [5.74, 6) is -0.0769. The molecule has 1 rings (SSSR count). The zero-order chi connectivity index (χ0) is 13.5. The third-order valence-corrected chi connectivity index (χ3v) is 2.39. The largest absolute Gasteiger partial charge is 0.356 e. The predicted molar refractivity (Wildman–Crippen MR) is 75.3 cm³/mol. The van der Waals surface area contributed by atoms with Crippen LogP contribution in [-0.2, 0) is 11.2 Å². The number of nitro groups is 1. The van der Waals surface area contributed by atoms with Crippen LogP contribution in [0.2, 0.25) is 0 Å². The number of nitrogens with zero attached hydrogens (tertiary/aromatic N) is 1. The number of nitrogens with one attached hydrogen (secondary N) is 1. The predicted octanol–water partition coefficient (Wildman–Crippen LogP) is 1.41. The molecule has 106 valence electrons. The van der Waals surface area contributed by atoms with Gasteiger partial charge in [0.2, 0.25) is 5.91 Å². The second-order valence-corrected chi connectivity index (χ2v) is 4.20. The average molecular weight is 288 g/mol. The van der Waals surface area contributed by atoms with E-state index in [1.54, 1.807) is 19.1 Å². The molecule has 0 aromatic heterocycles. The van der Waals surface area contributed by atoms with E-state index in [0.29, 0.717) is 19.4 Å². The van der Waals surface area contributed by atoms with Crippen molar-refractivity contribution in [2.24, 2.45) is 5.73 Å². The normalized spacial score (nSPS) is 11.3. The molecule has 0 saturated carbocycles. The zero-order valence-corrected chi connectivity index (χ0v) is 11.5. The highest BCUT2D eigenvalue weighted by Crippen LogP contribution is 2.11. The fraction of sp³-hybridized carbons (Fsp3) is 0.417. The molecule has 0 aliphatic heterocycles. The number of nitrogens with two attached hydrogens (primary N) is 1. The van der Waals surface area contributed by atoms with Gasteiger partial charge in [-0.15, -0.1) is 12.4 Å². The van der Waals surface area contributed by atoms with Gasteiger partial charge in [-0.1, -0.05) is 12.1 Å². The zero-order valence-electron chi connectivity index (χ0n) is 10.7. The third-order valence-electron chi connectivity index (χ3n) is 2.39. The molecule has 6 nitrogen and oxygen atoms in total. The molecule has 0 heterocycles. The molecule has 1 aromatic carbocycles. The summed E-state index contributed by atoms with van der Waals surface area (Å²) in [7, 11) is 0. The van der Waals surface area contributed by atoms with Crippen LogP contribution < -0.4 is 11.1 Å². The minimum Gasteiger partial charge on any atom is -0.356 e. The van der Waals surface area contributed by atoms with E-state index in [4.69, 9.17) is 5.73 Å². The second-order valence-electron chi connectivity index (χ2n) is 4.20. The van der Waals surface area contributed by atoms with E-state index in [-0.39, 0.29) is 30.0 Å². The summed E-state index contributed by atoms with van der Waals surface area (Å²) in [5.41, 5.74) is 6.51. The van der Waals surface area contributed by atoms with Gasteiger partial charge in [0.05, 0.1) is 4.92 Å². The van der Waals surface area contributed by atoms with Crippen LogP contribution in [0.1, 0.15) is 18.9 Å². The van der Waals surface area contributed by atoms with Crippen molar-refractivity contribution in [2.45, 2.75) is 25.8 Å². The average Bonchev–Trinajstić information content (AvgIpc) is 2.28. The van der Waals surface area contributed by atoms with Crippen LogP contribution in [0.25, 0.3) is 0 Å². The maximum Gasteiger partial charge on any atom is 0.269 e. The highest BCUT2D eigenvalue weighted by Gasteiger charge is 2.05. The first-order chi connectivity index (χ1) is 8.49. The van der Waals surface area contributed by atoms with Gasteiger partial charge >= 0.3 is 0 Å². The summed E-state index contributed by atoms with van der Waals surface area (Å²) in [5, 5.41) is 13.2. The molecule has 0 aliphatic rings. The van der Waals surface area contributed by atoms with Crippen molar-refractivity contribution in [1.29, 1.82) is 0 Å². The van der Waals surface area contributed by atoms with Crippen LogP contribution in [-0.4, -0.2) is 23.4 Å². The van der Waals surface area contributed by atoms with Crippen molar-refractivity contribution in [2.75, 3.05) is 6.54 Å². The fourth-order valence-electron chi connectivity index (χ4n) is 1.50. The van der Waals surface area contributed by atoms with Gasteiger partial charge in [0.25, 0.3) is 5.69 Å². The lowest BCUT2D eigenvalue weighted by Gasteiger charge is -2.07. The van der Waals surface area contributed by atoms with E-state index in [1.165, 1.54) is 12.1 Å². The lowest BCUT2D eigenvalue weighted by Crippen LogP contribution is -2.31. The fourth-order valence-corrected chi connectivity index (χ4v) is 1.50. The van der Waals surface area contributed by atoms with Gasteiger partial charge in [0.15, 0.2) is 0 Å². The van der Waals surface area contributed by atoms with E-state index >= 15 is 0 Å². The van der Waals surface area contributed by atoms with E-state index in [9.17, 15) is 14.9 Å². The number of carbonyl (C=O) groups excluding carboxylic acids is 1. The first-order valence-corrected chi connectivity index (χ1v) is 5.74. The van der Waals surface area contributed by atoms with Crippen molar-refractivity contribution in [3.05, 3.63) is 39.9 Å². The Bertz CT molecular complexity index is 421. The summed E-state index contributed by atoms with van der Waals surface area (Å²) < 4.78 is 0. The Kier molecular flexibility index (Phi) is 7.71. The third kappa shape index (κ3) is 6.73. The number of nitro benzene ring substituents is 1. The minimum absolute atomic E-state index is 0. The number of halogens is 1. The molecule has 0 spiro atoms. The molecule has 0 aliphatic carbocycles. The summed E-state index contributed by atoms with van der Waals surface area (Å²) in [4.78, 5) is 21.3. The molecule has 1 atom stereocenters. The maximum atomic E-state index is 11.3. The van der Waals surface area contributed by atoms with Crippen LogP contribution in [0.3, 0.4) is 0 Å². The molecular formula is C12H18ClN3O3. The SMILES string of the molecule is CC(N)CC(=O)NCCc1ccc([N+](=O)[O-])cc1.Cl. The van der Waals surface area contributed by atoms with Gasteiger partial charge in [0.1, 0.15) is 0 Å². The van der Waals surface area contributed by atoms with Crippen LogP contribution in [0.15, 0.2) is 24.3 Å². The van der Waals surface area contributed by atoms with Gasteiger partial charge in [-0.05, 0) is 18.9 Å². The molecule has 0 fully saturated rings. The minimum atomic E-state index is -0.436. The number of hydrogen-bond acceptors (Lipinski definition) is 4. The summed E-state index contributed by atoms with van der Waals surface area (Å²) >= 11 is 0. The van der Waals surface area contributed by atoms with Crippen molar-refractivity contribution in [3.8, 4) is 0 Å². The Morgan fingerprint density at radius 3 is 2.47 bits per heavy atom. The summed E-state index contributed by atoms with van der Waals surface area (Å²) in [6.45, 7) is 2.28. The summed E-state index contributed by atoms with van der Waals surface area (Å²) in [6.07, 6.45) is 0.947. The van der Waals surface area contributed by atoms with Gasteiger partial charge in [-0.3, -0.25) is 14.9 Å². The highest BCUT2D eigenvalue weighted by atomic mass is 35.5. The number of non-ortho nitro benzene ring substituents is 1. The topological polar surface area (TPSA) is 98.3 Å². The molecular weight excluding hydrogens is 270 g/mol. The van der Waals surface area contributed by atoms with Crippen LogP contribution >= 0.6 is 12.4 Å². The molecule has 1 aromatic rings. The molecule has 0 radical (unpaired) electrons. The quantitative estimate of drug-likeness (QED) is 0.610. The smallest absolute Gasteiger partial charge is 0.269 e. The molecule has 0 saturated heterocycles. The highest BCUT2D eigenvalue weighted by molar-refractivity contribution is 5.85. The van der Waals surface area contributed by atoms with E-state index in [2.05, 4.69) is 5.32 Å². The Hall–Kier alpha value is -1.66. The first-order valence-electron chi connectivity index (χ1n) is 5.74. The Labute approximate surface area is 117 Å². The molecule has 1 unspecified atom stereocenters. The number of benzene rings is 1. The first kappa shape index (κ1) is 17.3. The maximum absolute atomic E-state index is 11.3. The molecule has 19 heavy (non-hydrogen) atoms. The number of hydrogen-bond donors (Lipinski definition) is 2. The van der Waals surface area contributed by atoms with Crippen LogP contribution in [0.4, 0.5) is 5.69 Å². The van der Waals surface area contributed by atoms with Gasteiger partial charge < -0.3 is 11.1 Å². The van der Waals surface area contributed by atoms with E-state index in [1.807, 2.05) is 0 Å². The number of carbonyl (C=O) groups is 1. The van der Waals surface area contributed by atoms with Crippen LogP contribution in [0, 0.1) is 10.1 Å². The lowest BCUT2D eigenvalue weighted by molar-refractivity contribution is -0.384. The molecule has 3 N–H and O–H groups in total. The van der Waals surface area contributed by atoms with E-state index in [0.717, 1.165) is 5.56 Å². The monoisotopic (exact) mass is 287 g/mol. The van der Waals surface area contributed by atoms with Gasteiger partial charge in [-0.25, -0.2) is 0 Å². The lowest BCUT2D eigenvalue weighted by atomic mass is 10.1. The molecule has 0 bridgehead atoms. The standard InChI is InChI=1S/C12H17N3O3.ClH/c1-9(13)8-12(16)14-7-6-10-2-4-11(5-3-10)15(17)18;/h2-5,9H,6-8,13H2,1H3,(H,14,16);1H. The van der Waals surface area contributed by atoms with Crippen molar-refractivity contribution in [3.63, 3.8) is 0 Å². The summed E-state index contributed by atoms with van der Waals surface area (Å²) in [6, 6.07) is 6.15. The Balaban J connectivity index is 0.00000324. The molecule has 1 amide bonds. The van der Waals surface area contributed by atoms with E-state index < -0.39 is 4.92 Å². The Morgan fingerprint density at radius 1 is 1.42 bits per heavy atom.